The highest BCUT2D eigenvalue weighted by atomic mass is 16.5. The Balaban J connectivity index is 2.52. The van der Waals surface area contributed by atoms with Crippen molar-refractivity contribution in [1.29, 1.82) is 0 Å². The average Bonchev–Trinajstić information content (AvgIpc) is 2.27. The minimum absolute atomic E-state index is 0.680. The fourth-order valence-electron chi connectivity index (χ4n) is 2.08. The third-order valence-electron chi connectivity index (χ3n) is 2.94. The number of ether oxygens (including phenoxy) is 1. The Morgan fingerprint density at radius 2 is 2.27 bits per heavy atom. The third kappa shape index (κ3) is 1.75. The van der Waals surface area contributed by atoms with E-state index in [4.69, 9.17) is 4.74 Å². The van der Waals surface area contributed by atoms with E-state index in [0.717, 1.165) is 31.4 Å². The number of hydrogen-bond acceptors (Lipinski definition) is 3. The van der Waals surface area contributed by atoms with Crippen molar-refractivity contribution in [2.24, 2.45) is 0 Å². The van der Waals surface area contributed by atoms with Crippen LogP contribution in [-0.2, 0) is 13.0 Å². The summed E-state index contributed by atoms with van der Waals surface area (Å²) >= 11 is 0. The zero-order valence-electron chi connectivity index (χ0n) is 9.12. The highest BCUT2D eigenvalue weighted by molar-refractivity contribution is 5.82. The Morgan fingerprint density at radius 3 is 2.93 bits per heavy atom. The summed E-state index contributed by atoms with van der Waals surface area (Å²) in [6.07, 6.45) is 1.91. The molecule has 0 atom stereocenters. The van der Waals surface area contributed by atoms with Crippen molar-refractivity contribution in [3.8, 4) is 5.75 Å². The van der Waals surface area contributed by atoms with Crippen molar-refractivity contribution < 1.29 is 9.53 Å². The van der Waals surface area contributed by atoms with Crippen LogP contribution in [0.3, 0.4) is 0 Å². The second-order valence-corrected chi connectivity index (χ2v) is 3.92. The van der Waals surface area contributed by atoms with Crippen molar-refractivity contribution in [2.75, 3.05) is 20.7 Å². The van der Waals surface area contributed by atoms with Gasteiger partial charge in [0.2, 0.25) is 0 Å². The molecule has 80 valence electrons. The van der Waals surface area contributed by atoms with Gasteiger partial charge in [0, 0.05) is 13.1 Å². The third-order valence-corrected chi connectivity index (χ3v) is 2.94. The van der Waals surface area contributed by atoms with Crippen LogP contribution in [-0.4, -0.2) is 31.9 Å². The molecule has 0 fully saturated rings. The minimum atomic E-state index is 0.680. The molecule has 1 heterocycles. The smallest absolute Gasteiger partial charge is 0.154 e. The van der Waals surface area contributed by atoms with Gasteiger partial charge in [0.25, 0.3) is 0 Å². The molecule has 1 aromatic rings. The van der Waals surface area contributed by atoms with E-state index in [2.05, 4.69) is 18.0 Å². The molecule has 0 saturated carbocycles. The predicted octanol–water partition coefficient (Wildman–Crippen LogP) is 1.50. The summed E-state index contributed by atoms with van der Waals surface area (Å²) < 4.78 is 5.19. The standard InChI is InChI=1S/C12H15NO2/c1-13-6-5-9-3-4-12(15-2)11(8-14)10(9)7-13/h3-4,8H,5-7H2,1-2H3. The SMILES string of the molecule is COc1ccc2c(c1C=O)CN(C)CC2. The largest absolute Gasteiger partial charge is 0.496 e. The first-order valence-electron chi connectivity index (χ1n) is 5.08. The summed E-state index contributed by atoms with van der Waals surface area (Å²) in [4.78, 5) is 13.3. The van der Waals surface area contributed by atoms with Crippen LogP contribution in [0.25, 0.3) is 0 Å². The van der Waals surface area contributed by atoms with Gasteiger partial charge in [-0.3, -0.25) is 4.79 Å². The van der Waals surface area contributed by atoms with Gasteiger partial charge >= 0.3 is 0 Å². The first-order chi connectivity index (χ1) is 7.26. The van der Waals surface area contributed by atoms with Crippen molar-refractivity contribution in [3.05, 3.63) is 28.8 Å². The van der Waals surface area contributed by atoms with Gasteiger partial charge in [-0.25, -0.2) is 0 Å². The summed E-state index contributed by atoms with van der Waals surface area (Å²) in [5, 5.41) is 0. The van der Waals surface area contributed by atoms with E-state index in [1.807, 2.05) is 6.07 Å². The molecule has 1 aliphatic heterocycles. The Kier molecular flexibility index (Phi) is 2.73. The molecule has 3 heteroatoms. The molecule has 3 nitrogen and oxygen atoms in total. The lowest BCUT2D eigenvalue weighted by atomic mass is 9.95. The Hall–Kier alpha value is -1.35. The molecular weight excluding hydrogens is 190 g/mol. The first-order valence-corrected chi connectivity index (χ1v) is 5.08. The maximum atomic E-state index is 11.1. The molecule has 0 aromatic heterocycles. The van der Waals surface area contributed by atoms with Crippen molar-refractivity contribution in [1.82, 2.24) is 4.90 Å². The van der Waals surface area contributed by atoms with Crippen molar-refractivity contribution in [2.45, 2.75) is 13.0 Å². The van der Waals surface area contributed by atoms with Gasteiger partial charge in [0.15, 0.2) is 6.29 Å². The molecule has 0 radical (unpaired) electrons. The fraction of sp³-hybridized carbons (Fsp3) is 0.417. The lowest BCUT2D eigenvalue weighted by Crippen LogP contribution is -2.27. The Morgan fingerprint density at radius 1 is 1.47 bits per heavy atom. The summed E-state index contributed by atoms with van der Waals surface area (Å²) in [6, 6.07) is 3.95. The average molecular weight is 205 g/mol. The summed E-state index contributed by atoms with van der Waals surface area (Å²) in [5.74, 6) is 0.680. The molecule has 2 rings (SSSR count). The lowest BCUT2D eigenvalue weighted by molar-refractivity contribution is 0.111. The van der Waals surface area contributed by atoms with Gasteiger partial charge < -0.3 is 9.64 Å². The maximum absolute atomic E-state index is 11.1. The van der Waals surface area contributed by atoms with Gasteiger partial charge in [-0.15, -0.1) is 0 Å². The molecule has 0 spiro atoms. The van der Waals surface area contributed by atoms with Crippen LogP contribution >= 0.6 is 0 Å². The zero-order valence-corrected chi connectivity index (χ0v) is 9.12. The van der Waals surface area contributed by atoms with E-state index in [-0.39, 0.29) is 0 Å². The van der Waals surface area contributed by atoms with E-state index in [1.165, 1.54) is 5.56 Å². The van der Waals surface area contributed by atoms with Gasteiger partial charge in [-0.1, -0.05) is 6.07 Å². The van der Waals surface area contributed by atoms with Crippen LogP contribution in [0.4, 0.5) is 0 Å². The molecule has 0 unspecified atom stereocenters. The van der Waals surface area contributed by atoms with Crippen LogP contribution < -0.4 is 4.74 Å². The molecule has 0 saturated heterocycles. The summed E-state index contributed by atoms with van der Waals surface area (Å²) in [5.41, 5.74) is 3.11. The monoisotopic (exact) mass is 205 g/mol. The second-order valence-electron chi connectivity index (χ2n) is 3.92. The number of carbonyl (C=O) groups excluding carboxylic acids is 1. The van der Waals surface area contributed by atoms with Gasteiger partial charge in [-0.05, 0) is 30.7 Å². The number of carbonyl (C=O) groups is 1. The number of benzene rings is 1. The summed E-state index contributed by atoms with van der Waals surface area (Å²) in [7, 11) is 3.66. The highest BCUT2D eigenvalue weighted by Crippen LogP contribution is 2.27. The van der Waals surface area contributed by atoms with E-state index >= 15 is 0 Å². The van der Waals surface area contributed by atoms with Crippen LogP contribution in [0.2, 0.25) is 0 Å². The normalized spacial score (nSPS) is 15.9. The number of fused-ring (bicyclic) bond motifs is 1. The van der Waals surface area contributed by atoms with Gasteiger partial charge in [0.05, 0.1) is 12.7 Å². The molecule has 1 aromatic carbocycles. The van der Waals surface area contributed by atoms with Crippen LogP contribution in [0.1, 0.15) is 21.5 Å². The van der Waals surface area contributed by atoms with Gasteiger partial charge in [-0.2, -0.15) is 0 Å². The molecule has 0 aliphatic carbocycles. The molecule has 1 aliphatic rings. The van der Waals surface area contributed by atoms with E-state index in [0.29, 0.717) is 11.3 Å². The fourth-order valence-corrected chi connectivity index (χ4v) is 2.08. The maximum Gasteiger partial charge on any atom is 0.154 e. The molecule has 15 heavy (non-hydrogen) atoms. The number of aldehydes is 1. The van der Waals surface area contributed by atoms with Crippen molar-refractivity contribution >= 4 is 6.29 Å². The van der Waals surface area contributed by atoms with E-state index < -0.39 is 0 Å². The molecule has 0 amide bonds. The zero-order chi connectivity index (χ0) is 10.8. The molecule has 0 N–H and O–H groups in total. The van der Waals surface area contributed by atoms with E-state index in [9.17, 15) is 4.79 Å². The highest BCUT2D eigenvalue weighted by Gasteiger charge is 2.18. The summed E-state index contributed by atoms with van der Waals surface area (Å²) in [6.45, 7) is 1.89. The number of nitrogens with zero attached hydrogens (tertiary/aromatic N) is 1. The van der Waals surface area contributed by atoms with Crippen LogP contribution in [0, 0.1) is 0 Å². The second kappa shape index (κ2) is 4.03. The molecule has 0 bridgehead atoms. The number of rotatable bonds is 2. The van der Waals surface area contributed by atoms with Crippen molar-refractivity contribution in [3.63, 3.8) is 0 Å². The quantitative estimate of drug-likeness (QED) is 0.685. The Bertz CT molecular complexity index is 387. The lowest BCUT2D eigenvalue weighted by Gasteiger charge is -2.26. The minimum Gasteiger partial charge on any atom is -0.496 e. The Labute approximate surface area is 89.7 Å². The topological polar surface area (TPSA) is 29.5 Å². The predicted molar refractivity (Wildman–Crippen MR) is 58.4 cm³/mol. The molecular formula is C12H15NO2. The number of hydrogen-bond donors (Lipinski definition) is 0. The van der Waals surface area contributed by atoms with E-state index in [1.54, 1.807) is 7.11 Å². The number of likely N-dealkylation sites (N-methyl/N-ethyl adjacent to an activating group) is 1. The van der Waals surface area contributed by atoms with Crippen LogP contribution in [0.5, 0.6) is 5.75 Å². The van der Waals surface area contributed by atoms with Gasteiger partial charge in [0.1, 0.15) is 5.75 Å². The number of methoxy groups -OCH3 is 1. The first kappa shape index (κ1) is 10.2. The van der Waals surface area contributed by atoms with Crippen LogP contribution in [0.15, 0.2) is 12.1 Å².